The standard InChI is InChI=1S/C24H15ClF2N2O2S/c1-13-9-10-14(11-19(13)27)29-23(30)22-21(15-5-2-3-8-20(15)32-22)28(24(29)31)12-16-17(25)6-4-7-18(16)26/h2-11H,12H2,1H3. The van der Waals surface area contributed by atoms with Crippen molar-refractivity contribution in [3.63, 3.8) is 0 Å². The molecule has 0 spiro atoms. The molecule has 0 aliphatic heterocycles. The number of aryl methyl sites for hydroxylation is 1. The summed E-state index contributed by atoms with van der Waals surface area (Å²) in [6, 6.07) is 15.8. The zero-order valence-electron chi connectivity index (χ0n) is 16.7. The topological polar surface area (TPSA) is 44.0 Å². The number of halogens is 3. The molecule has 32 heavy (non-hydrogen) atoms. The second-order valence-electron chi connectivity index (χ2n) is 7.42. The van der Waals surface area contributed by atoms with E-state index in [0.717, 1.165) is 15.3 Å². The van der Waals surface area contributed by atoms with Gasteiger partial charge in [-0.05, 0) is 42.8 Å². The van der Waals surface area contributed by atoms with Crippen molar-refractivity contribution in [2.24, 2.45) is 0 Å². The average Bonchev–Trinajstić information content (AvgIpc) is 3.15. The monoisotopic (exact) mass is 468 g/mol. The molecule has 160 valence electrons. The number of rotatable bonds is 3. The van der Waals surface area contributed by atoms with Crippen LogP contribution in [0.2, 0.25) is 5.02 Å². The van der Waals surface area contributed by atoms with E-state index in [0.29, 0.717) is 21.2 Å². The SMILES string of the molecule is Cc1ccc(-n2c(=O)c3sc4ccccc4c3n(Cc3c(F)cccc3Cl)c2=O)cc1F. The Bertz CT molecular complexity index is 1630. The second kappa shape index (κ2) is 7.69. The van der Waals surface area contributed by atoms with Gasteiger partial charge in [-0.3, -0.25) is 9.36 Å². The van der Waals surface area contributed by atoms with Crippen LogP contribution in [0.25, 0.3) is 26.0 Å². The molecule has 0 bridgehead atoms. The van der Waals surface area contributed by atoms with E-state index >= 15 is 0 Å². The molecule has 0 aliphatic rings. The molecule has 0 unspecified atom stereocenters. The van der Waals surface area contributed by atoms with E-state index in [9.17, 15) is 18.4 Å². The van der Waals surface area contributed by atoms with Gasteiger partial charge in [0.2, 0.25) is 0 Å². The molecule has 8 heteroatoms. The molecule has 2 aromatic heterocycles. The first kappa shape index (κ1) is 20.6. The first-order valence-corrected chi connectivity index (χ1v) is 10.9. The summed E-state index contributed by atoms with van der Waals surface area (Å²) in [7, 11) is 0. The summed E-state index contributed by atoms with van der Waals surface area (Å²) in [5.41, 5.74) is -0.213. The third-order valence-electron chi connectivity index (χ3n) is 5.45. The van der Waals surface area contributed by atoms with Gasteiger partial charge in [0.15, 0.2) is 0 Å². The van der Waals surface area contributed by atoms with Crippen LogP contribution < -0.4 is 11.2 Å². The van der Waals surface area contributed by atoms with E-state index in [1.165, 1.54) is 40.2 Å². The van der Waals surface area contributed by atoms with Crippen molar-refractivity contribution in [3.05, 3.63) is 109 Å². The molecule has 0 saturated heterocycles. The molecule has 5 aromatic rings. The van der Waals surface area contributed by atoms with E-state index in [1.54, 1.807) is 19.1 Å². The molecule has 5 rings (SSSR count). The van der Waals surface area contributed by atoms with Gasteiger partial charge in [-0.2, -0.15) is 0 Å². The summed E-state index contributed by atoms with van der Waals surface area (Å²) in [5.74, 6) is -1.09. The maximum Gasteiger partial charge on any atom is 0.336 e. The third-order valence-corrected chi connectivity index (χ3v) is 6.95. The number of nitrogens with zero attached hydrogens (tertiary/aromatic N) is 2. The molecule has 0 aliphatic carbocycles. The lowest BCUT2D eigenvalue weighted by atomic mass is 10.2. The summed E-state index contributed by atoms with van der Waals surface area (Å²) >= 11 is 7.46. The van der Waals surface area contributed by atoms with E-state index in [-0.39, 0.29) is 22.8 Å². The fourth-order valence-corrected chi connectivity index (χ4v) is 5.15. The quantitative estimate of drug-likeness (QED) is 0.343. The van der Waals surface area contributed by atoms with E-state index in [1.807, 2.05) is 18.2 Å². The second-order valence-corrected chi connectivity index (χ2v) is 8.88. The normalized spacial score (nSPS) is 11.5. The van der Waals surface area contributed by atoms with Crippen LogP contribution in [0.5, 0.6) is 0 Å². The molecule has 4 nitrogen and oxygen atoms in total. The summed E-state index contributed by atoms with van der Waals surface area (Å²) < 4.78 is 32.2. The molecular weight excluding hydrogens is 454 g/mol. The first-order chi connectivity index (χ1) is 15.4. The van der Waals surface area contributed by atoms with Crippen LogP contribution in [-0.2, 0) is 6.54 Å². The molecule has 2 heterocycles. The average molecular weight is 469 g/mol. The maximum absolute atomic E-state index is 14.6. The van der Waals surface area contributed by atoms with Crippen molar-refractivity contribution >= 4 is 43.2 Å². The zero-order chi connectivity index (χ0) is 22.6. The third kappa shape index (κ3) is 3.16. The fourth-order valence-electron chi connectivity index (χ4n) is 3.79. The molecule has 0 saturated carbocycles. The Labute approximate surface area is 189 Å². The maximum atomic E-state index is 14.6. The van der Waals surface area contributed by atoms with Crippen LogP contribution in [0, 0.1) is 18.6 Å². The summed E-state index contributed by atoms with van der Waals surface area (Å²) in [6.07, 6.45) is 0. The Morgan fingerprint density at radius 1 is 0.969 bits per heavy atom. The van der Waals surface area contributed by atoms with Gasteiger partial charge in [0.1, 0.15) is 16.3 Å². The predicted octanol–water partition coefficient (Wildman–Crippen LogP) is 5.66. The van der Waals surface area contributed by atoms with Crippen LogP contribution >= 0.6 is 22.9 Å². The molecule has 0 amide bonds. The molecular formula is C24H15ClF2N2O2S. The largest absolute Gasteiger partial charge is 0.336 e. The number of thiophene rings is 1. The number of aromatic nitrogens is 2. The van der Waals surface area contributed by atoms with Crippen molar-refractivity contribution in [1.82, 2.24) is 9.13 Å². The minimum absolute atomic E-state index is 0.107. The van der Waals surface area contributed by atoms with Gasteiger partial charge in [-0.1, -0.05) is 41.9 Å². The Morgan fingerprint density at radius 2 is 1.75 bits per heavy atom. The lowest BCUT2D eigenvalue weighted by Crippen LogP contribution is -2.39. The molecule has 3 aromatic carbocycles. The van der Waals surface area contributed by atoms with Crippen molar-refractivity contribution in [2.75, 3.05) is 0 Å². The smallest absolute Gasteiger partial charge is 0.287 e. The molecule has 0 fully saturated rings. The van der Waals surface area contributed by atoms with Gasteiger partial charge in [-0.25, -0.2) is 18.1 Å². The van der Waals surface area contributed by atoms with Gasteiger partial charge in [0.05, 0.1) is 17.7 Å². The Balaban J connectivity index is 1.91. The Morgan fingerprint density at radius 3 is 2.50 bits per heavy atom. The predicted molar refractivity (Wildman–Crippen MR) is 124 cm³/mol. The number of benzene rings is 3. The van der Waals surface area contributed by atoms with E-state index < -0.39 is 22.9 Å². The van der Waals surface area contributed by atoms with Gasteiger partial charge in [0, 0.05) is 20.7 Å². The number of hydrogen-bond acceptors (Lipinski definition) is 3. The first-order valence-electron chi connectivity index (χ1n) is 9.73. The summed E-state index contributed by atoms with van der Waals surface area (Å²) in [5, 5.41) is 0.875. The lowest BCUT2D eigenvalue weighted by Gasteiger charge is -2.14. The van der Waals surface area contributed by atoms with Gasteiger partial charge < -0.3 is 0 Å². The minimum atomic E-state index is -0.700. The highest BCUT2D eigenvalue weighted by atomic mass is 35.5. The van der Waals surface area contributed by atoms with Crippen LogP contribution in [0.4, 0.5) is 8.78 Å². The highest BCUT2D eigenvalue weighted by Gasteiger charge is 2.21. The zero-order valence-corrected chi connectivity index (χ0v) is 18.3. The van der Waals surface area contributed by atoms with Crippen molar-refractivity contribution in [1.29, 1.82) is 0 Å². The van der Waals surface area contributed by atoms with Crippen molar-refractivity contribution < 1.29 is 8.78 Å². The van der Waals surface area contributed by atoms with Crippen LogP contribution in [0.3, 0.4) is 0 Å². The van der Waals surface area contributed by atoms with Crippen LogP contribution in [0.15, 0.2) is 70.3 Å². The molecule has 0 atom stereocenters. The highest BCUT2D eigenvalue weighted by molar-refractivity contribution is 7.25. The highest BCUT2D eigenvalue weighted by Crippen LogP contribution is 2.32. The molecule has 0 radical (unpaired) electrons. The fraction of sp³-hybridized carbons (Fsp3) is 0.0833. The van der Waals surface area contributed by atoms with Crippen LogP contribution in [-0.4, -0.2) is 9.13 Å². The lowest BCUT2D eigenvalue weighted by molar-refractivity contribution is 0.594. The number of hydrogen-bond donors (Lipinski definition) is 0. The molecule has 0 N–H and O–H groups in total. The minimum Gasteiger partial charge on any atom is -0.287 e. The Hall–Kier alpha value is -3.29. The summed E-state index contributed by atoms with van der Waals surface area (Å²) in [4.78, 5) is 27.0. The van der Waals surface area contributed by atoms with Crippen LogP contribution in [0.1, 0.15) is 11.1 Å². The van der Waals surface area contributed by atoms with Crippen molar-refractivity contribution in [3.8, 4) is 5.69 Å². The van der Waals surface area contributed by atoms with E-state index in [2.05, 4.69) is 0 Å². The van der Waals surface area contributed by atoms with Gasteiger partial charge in [0.25, 0.3) is 5.56 Å². The Kier molecular flexibility index (Phi) is 4.95. The van der Waals surface area contributed by atoms with Gasteiger partial charge in [-0.15, -0.1) is 11.3 Å². The van der Waals surface area contributed by atoms with Crippen molar-refractivity contribution in [2.45, 2.75) is 13.5 Å². The van der Waals surface area contributed by atoms with Gasteiger partial charge >= 0.3 is 5.69 Å². The van der Waals surface area contributed by atoms with E-state index in [4.69, 9.17) is 11.6 Å². The summed E-state index contributed by atoms with van der Waals surface area (Å²) in [6.45, 7) is 1.41. The number of fused-ring (bicyclic) bond motifs is 3.